The van der Waals surface area contributed by atoms with Crippen molar-refractivity contribution in [2.24, 2.45) is 0 Å². The predicted octanol–water partition coefficient (Wildman–Crippen LogP) is 3.14. The summed E-state index contributed by atoms with van der Waals surface area (Å²) < 4.78 is 12.5. The van der Waals surface area contributed by atoms with Crippen molar-refractivity contribution in [2.45, 2.75) is 10.8 Å². The van der Waals surface area contributed by atoms with Crippen molar-refractivity contribution in [1.29, 1.82) is 0 Å². The zero-order valence-corrected chi connectivity index (χ0v) is 13.5. The number of methoxy groups -OCH3 is 2. The zero-order chi connectivity index (χ0) is 16.0. The number of benzene rings is 1. The molecule has 0 N–H and O–H groups in total. The molecule has 0 fully saturated rings. The van der Waals surface area contributed by atoms with Crippen molar-refractivity contribution in [2.75, 3.05) is 14.2 Å². The zero-order valence-electron chi connectivity index (χ0n) is 12.7. The van der Waals surface area contributed by atoms with Crippen LogP contribution in [0.4, 0.5) is 0 Å². The second-order valence-corrected chi connectivity index (χ2v) is 6.16. The van der Waals surface area contributed by atoms with E-state index in [4.69, 9.17) is 9.47 Å². The molecule has 0 amide bonds. The molecule has 0 aliphatic carbocycles. The van der Waals surface area contributed by atoms with Crippen LogP contribution in [0, 0.1) is 0 Å². The molecule has 0 spiro atoms. The van der Waals surface area contributed by atoms with Crippen LogP contribution in [0.2, 0.25) is 0 Å². The lowest BCUT2D eigenvalue weighted by Gasteiger charge is -2.23. The molecule has 116 valence electrons. The van der Waals surface area contributed by atoms with Gasteiger partial charge in [0.25, 0.3) is 5.56 Å². The Morgan fingerprint density at radius 1 is 1.17 bits per heavy atom. The number of fused-ring (bicyclic) bond motifs is 4. The number of ether oxygens (including phenoxy) is 2. The fourth-order valence-electron chi connectivity index (χ4n) is 2.84. The molecule has 23 heavy (non-hydrogen) atoms. The molecule has 0 saturated carbocycles. The van der Waals surface area contributed by atoms with Crippen molar-refractivity contribution in [1.82, 2.24) is 9.55 Å². The monoisotopic (exact) mass is 326 g/mol. The van der Waals surface area contributed by atoms with Gasteiger partial charge in [0.15, 0.2) is 11.5 Å². The third-order valence-corrected chi connectivity index (χ3v) is 5.03. The van der Waals surface area contributed by atoms with Crippen LogP contribution in [-0.4, -0.2) is 23.8 Å². The van der Waals surface area contributed by atoms with Gasteiger partial charge in [-0.15, -0.1) is 11.8 Å². The normalized spacial score (nSPS) is 12.6. The van der Waals surface area contributed by atoms with Gasteiger partial charge in [0.1, 0.15) is 0 Å². The maximum atomic E-state index is 12.7. The molecule has 1 aromatic carbocycles. The average molecular weight is 326 g/mol. The molecule has 0 atom stereocenters. The minimum absolute atomic E-state index is 0.0152. The van der Waals surface area contributed by atoms with Crippen LogP contribution in [0.3, 0.4) is 0 Å². The summed E-state index contributed by atoms with van der Waals surface area (Å²) in [5.41, 5.74) is 2.51. The van der Waals surface area contributed by atoms with E-state index in [1.165, 1.54) is 0 Å². The Morgan fingerprint density at radius 2 is 1.96 bits per heavy atom. The Balaban J connectivity index is 2.04. The van der Waals surface area contributed by atoms with Crippen LogP contribution in [0.25, 0.3) is 22.2 Å². The summed E-state index contributed by atoms with van der Waals surface area (Å²) in [5.74, 6) is 1.91. The van der Waals surface area contributed by atoms with Crippen LogP contribution in [0.15, 0.2) is 46.2 Å². The molecule has 1 aliphatic heterocycles. The maximum Gasteiger partial charge on any atom is 0.261 e. The van der Waals surface area contributed by atoms with Crippen molar-refractivity contribution >= 4 is 22.7 Å². The molecular formula is C17H14N2O3S. The molecule has 4 rings (SSSR count). The van der Waals surface area contributed by atoms with Gasteiger partial charge in [-0.2, -0.15) is 0 Å². The van der Waals surface area contributed by atoms with E-state index in [9.17, 15) is 4.79 Å². The molecule has 0 unspecified atom stereocenters. The third-order valence-electron chi connectivity index (χ3n) is 3.99. The summed E-state index contributed by atoms with van der Waals surface area (Å²) in [6.07, 6.45) is 1.70. The van der Waals surface area contributed by atoms with E-state index in [0.717, 1.165) is 16.2 Å². The summed E-state index contributed by atoms with van der Waals surface area (Å²) in [7, 11) is 3.23. The van der Waals surface area contributed by atoms with Gasteiger partial charge in [0.05, 0.1) is 36.7 Å². The van der Waals surface area contributed by atoms with Crippen LogP contribution in [-0.2, 0) is 5.88 Å². The smallest absolute Gasteiger partial charge is 0.261 e. The summed E-state index contributed by atoms with van der Waals surface area (Å²) in [4.78, 5) is 18.1. The first-order valence-electron chi connectivity index (χ1n) is 7.10. The van der Waals surface area contributed by atoms with Crippen molar-refractivity contribution in [3.05, 3.63) is 46.9 Å². The number of hydrogen-bond donors (Lipinski definition) is 0. The molecule has 0 bridgehead atoms. The first-order valence-corrected chi connectivity index (χ1v) is 8.09. The first kappa shape index (κ1) is 14.1. The maximum absolute atomic E-state index is 12.7. The van der Waals surface area contributed by atoms with E-state index in [1.54, 1.807) is 42.8 Å². The van der Waals surface area contributed by atoms with Crippen LogP contribution in [0.5, 0.6) is 11.5 Å². The minimum Gasteiger partial charge on any atom is -0.493 e. The van der Waals surface area contributed by atoms with Crippen molar-refractivity contribution in [3.8, 4) is 22.8 Å². The van der Waals surface area contributed by atoms with Gasteiger partial charge in [-0.05, 0) is 30.3 Å². The van der Waals surface area contributed by atoms with Crippen LogP contribution in [0.1, 0.15) is 0 Å². The van der Waals surface area contributed by atoms with E-state index in [-0.39, 0.29) is 5.56 Å². The van der Waals surface area contributed by atoms with Gasteiger partial charge < -0.3 is 9.47 Å². The van der Waals surface area contributed by atoms with Crippen molar-refractivity contribution in [3.63, 3.8) is 0 Å². The SMILES string of the molecule is COc1cc2c(cc1OC)-c1cc3ncccc3c(=O)n1CS2. The standard InChI is InChI=1S/C17H14N2O3S/c1-21-14-6-11-13-7-12-10(4-3-5-18-12)17(20)19(13)9-23-16(11)8-15(14)22-2/h3-8H,9H2,1-2H3. The Kier molecular flexibility index (Phi) is 3.27. The van der Waals surface area contributed by atoms with Gasteiger partial charge in [-0.3, -0.25) is 14.3 Å². The second-order valence-electron chi connectivity index (χ2n) is 5.18. The first-order chi connectivity index (χ1) is 11.2. The van der Waals surface area contributed by atoms with Crippen LogP contribution >= 0.6 is 11.8 Å². The van der Waals surface area contributed by atoms with E-state index in [2.05, 4.69) is 4.98 Å². The van der Waals surface area contributed by atoms with E-state index in [0.29, 0.717) is 28.3 Å². The summed E-state index contributed by atoms with van der Waals surface area (Å²) in [6, 6.07) is 9.43. The molecule has 1 aliphatic rings. The number of aromatic nitrogens is 2. The van der Waals surface area contributed by atoms with E-state index < -0.39 is 0 Å². The summed E-state index contributed by atoms with van der Waals surface area (Å²) >= 11 is 1.61. The van der Waals surface area contributed by atoms with E-state index in [1.807, 2.05) is 24.3 Å². The molecule has 5 nitrogen and oxygen atoms in total. The number of rotatable bonds is 2. The summed E-state index contributed by atoms with van der Waals surface area (Å²) in [5, 5.41) is 0.640. The largest absolute Gasteiger partial charge is 0.493 e. The highest BCUT2D eigenvalue weighted by molar-refractivity contribution is 7.98. The molecule has 0 saturated heterocycles. The number of thioether (sulfide) groups is 1. The number of nitrogens with zero attached hydrogens (tertiary/aromatic N) is 2. The third kappa shape index (κ3) is 2.09. The van der Waals surface area contributed by atoms with Gasteiger partial charge in [0.2, 0.25) is 0 Å². The van der Waals surface area contributed by atoms with Crippen molar-refractivity contribution < 1.29 is 9.47 Å². The predicted molar refractivity (Wildman–Crippen MR) is 90.4 cm³/mol. The quantitative estimate of drug-likeness (QED) is 0.724. The highest BCUT2D eigenvalue weighted by atomic mass is 32.2. The van der Waals surface area contributed by atoms with Crippen LogP contribution < -0.4 is 15.0 Å². The van der Waals surface area contributed by atoms with E-state index >= 15 is 0 Å². The minimum atomic E-state index is -0.0152. The fraction of sp³-hybridized carbons (Fsp3) is 0.176. The lowest BCUT2D eigenvalue weighted by molar-refractivity contribution is 0.354. The fourth-order valence-corrected chi connectivity index (χ4v) is 3.87. The highest BCUT2D eigenvalue weighted by Gasteiger charge is 2.22. The molecule has 3 heterocycles. The molecular weight excluding hydrogens is 312 g/mol. The van der Waals surface area contributed by atoms with Gasteiger partial charge >= 0.3 is 0 Å². The topological polar surface area (TPSA) is 53.4 Å². The Bertz CT molecular complexity index is 981. The van der Waals surface area contributed by atoms with Gasteiger partial charge in [-0.25, -0.2) is 0 Å². The van der Waals surface area contributed by atoms with Gasteiger partial charge in [-0.1, -0.05) is 0 Å². The van der Waals surface area contributed by atoms with Gasteiger partial charge in [0, 0.05) is 16.7 Å². The molecule has 2 aromatic heterocycles. The molecule has 3 aromatic rings. The Morgan fingerprint density at radius 3 is 2.74 bits per heavy atom. The molecule has 0 radical (unpaired) electrons. The number of hydrogen-bond acceptors (Lipinski definition) is 5. The Hall–Kier alpha value is -2.47. The number of pyridine rings is 2. The Labute approximate surface area is 136 Å². The highest BCUT2D eigenvalue weighted by Crippen LogP contribution is 2.43. The second kappa shape index (κ2) is 5.31. The lowest BCUT2D eigenvalue weighted by atomic mass is 10.1. The summed E-state index contributed by atoms with van der Waals surface area (Å²) in [6.45, 7) is 0. The molecule has 6 heteroatoms. The average Bonchev–Trinajstić information content (AvgIpc) is 2.60. The lowest BCUT2D eigenvalue weighted by Crippen LogP contribution is -2.23.